The lowest BCUT2D eigenvalue weighted by Crippen LogP contribution is -2.40. The molecule has 3 rings (SSSR count). The Balaban J connectivity index is 2.23. The van der Waals surface area contributed by atoms with Crippen LogP contribution < -0.4 is 11.5 Å². The first kappa shape index (κ1) is 12.1. The van der Waals surface area contributed by atoms with Crippen LogP contribution in [0.1, 0.15) is 12.0 Å². The van der Waals surface area contributed by atoms with Crippen LogP contribution in [0.2, 0.25) is 0 Å². The zero-order chi connectivity index (χ0) is 13.8. The molecule has 0 aromatic heterocycles. The number of alkyl halides is 1. The maximum atomic E-state index is 14.1. The minimum Gasteiger partial charge on any atom is -0.462 e. The van der Waals surface area contributed by atoms with Crippen molar-refractivity contribution in [1.29, 1.82) is 0 Å². The number of nitrogen functional groups attached to an aromatic ring is 1. The Morgan fingerprint density at radius 2 is 2.11 bits per heavy atom. The number of benzene rings is 1. The first-order chi connectivity index (χ1) is 8.99. The molecule has 0 spiro atoms. The lowest BCUT2D eigenvalue weighted by Gasteiger charge is -2.31. The maximum absolute atomic E-state index is 14.1. The van der Waals surface area contributed by atoms with Gasteiger partial charge in [-0.15, -0.1) is 0 Å². The van der Waals surface area contributed by atoms with Crippen molar-refractivity contribution in [2.45, 2.75) is 18.1 Å². The molecule has 2 aliphatic rings. The predicted molar refractivity (Wildman–Crippen MR) is 63.0 cm³/mol. The number of fused-ring (bicyclic) bond motifs is 1. The highest BCUT2D eigenvalue weighted by atomic mass is 19.1. The molecule has 4 nitrogen and oxygen atoms in total. The molecule has 1 aliphatic carbocycles. The van der Waals surface area contributed by atoms with Gasteiger partial charge in [-0.1, -0.05) is 0 Å². The van der Waals surface area contributed by atoms with Crippen LogP contribution in [-0.4, -0.2) is 18.8 Å². The first-order valence-corrected chi connectivity index (χ1v) is 5.81. The molecule has 3 atom stereocenters. The van der Waals surface area contributed by atoms with E-state index in [0.29, 0.717) is 6.42 Å². The molecule has 1 aromatic rings. The van der Waals surface area contributed by atoms with Crippen molar-refractivity contribution < 1.29 is 17.9 Å². The Labute approximate surface area is 107 Å². The summed E-state index contributed by atoms with van der Waals surface area (Å²) in [5, 5.41) is 0. The highest BCUT2D eigenvalue weighted by molar-refractivity contribution is 5.74. The molecule has 102 valence electrons. The van der Waals surface area contributed by atoms with Crippen molar-refractivity contribution in [2.75, 3.05) is 12.4 Å². The first-order valence-electron chi connectivity index (χ1n) is 5.81. The van der Waals surface area contributed by atoms with Gasteiger partial charge in [-0.3, -0.25) is 0 Å². The van der Waals surface area contributed by atoms with E-state index >= 15 is 0 Å². The number of anilines is 1. The summed E-state index contributed by atoms with van der Waals surface area (Å²) in [5.74, 6) is -2.29. The van der Waals surface area contributed by atoms with Crippen molar-refractivity contribution in [3.05, 3.63) is 29.3 Å². The van der Waals surface area contributed by atoms with E-state index in [1.54, 1.807) is 0 Å². The number of nitrogens with zero attached hydrogens (tertiary/aromatic N) is 1. The fourth-order valence-electron chi connectivity index (χ4n) is 2.67. The fraction of sp³-hybridized carbons (Fsp3) is 0.417. The van der Waals surface area contributed by atoms with E-state index in [2.05, 4.69) is 4.99 Å². The second-order valence-electron chi connectivity index (χ2n) is 4.83. The van der Waals surface area contributed by atoms with Gasteiger partial charge in [-0.2, -0.15) is 0 Å². The summed E-state index contributed by atoms with van der Waals surface area (Å²) in [5.41, 5.74) is 8.51. The molecular formula is C12H12F3N3O. The number of hydrogen-bond donors (Lipinski definition) is 2. The average molecular weight is 271 g/mol. The SMILES string of the molecule is NC1=N[C@](CF)(c2c(F)ccc(N)c2F)[C@H]2CC2O1. The number of aliphatic imine (C=N–C) groups is 1. The Kier molecular flexibility index (Phi) is 2.42. The van der Waals surface area contributed by atoms with Gasteiger partial charge in [0.15, 0.2) is 5.82 Å². The van der Waals surface area contributed by atoms with Crippen LogP contribution in [0.15, 0.2) is 17.1 Å². The van der Waals surface area contributed by atoms with Gasteiger partial charge in [0.1, 0.15) is 24.1 Å². The second kappa shape index (κ2) is 3.79. The third-order valence-corrected chi connectivity index (χ3v) is 3.68. The van der Waals surface area contributed by atoms with Crippen LogP contribution in [0.4, 0.5) is 18.9 Å². The topological polar surface area (TPSA) is 73.6 Å². The van der Waals surface area contributed by atoms with Crippen molar-refractivity contribution >= 4 is 11.7 Å². The highest BCUT2D eigenvalue weighted by Gasteiger charge is 2.61. The van der Waals surface area contributed by atoms with E-state index in [-0.39, 0.29) is 17.8 Å². The molecule has 0 radical (unpaired) electrons. The zero-order valence-corrected chi connectivity index (χ0v) is 9.87. The van der Waals surface area contributed by atoms with Gasteiger partial charge in [-0.25, -0.2) is 18.2 Å². The van der Waals surface area contributed by atoms with Gasteiger partial charge in [0, 0.05) is 5.92 Å². The number of ether oxygens (including phenoxy) is 1. The van der Waals surface area contributed by atoms with Crippen LogP contribution in [0, 0.1) is 17.6 Å². The van der Waals surface area contributed by atoms with E-state index in [1.165, 1.54) is 0 Å². The zero-order valence-electron chi connectivity index (χ0n) is 9.87. The van der Waals surface area contributed by atoms with E-state index < -0.39 is 35.3 Å². The molecule has 4 N–H and O–H groups in total. The molecule has 19 heavy (non-hydrogen) atoms. The molecule has 1 saturated carbocycles. The summed E-state index contributed by atoms with van der Waals surface area (Å²) in [6.45, 7) is -1.06. The third-order valence-electron chi connectivity index (χ3n) is 3.68. The second-order valence-corrected chi connectivity index (χ2v) is 4.83. The average Bonchev–Trinajstić information content (AvgIpc) is 3.13. The summed E-state index contributed by atoms with van der Waals surface area (Å²) < 4.78 is 46.8. The van der Waals surface area contributed by atoms with Crippen LogP contribution >= 0.6 is 0 Å². The smallest absolute Gasteiger partial charge is 0.283 e. The molecule has 1 heterocycles. The Hall–Kier alpha value is -1.92. The monoisotopic (exact) mass is 271 g/mol. The largest absolute Gasteiger partial charge is 0.462 e. The van der Waals surface area contributed by atoms with Gasteiger partial charge >= 0.3 is 0 Å². The quantitative estimate of drug-likeness (QED) is 0.799. The molecule has 0 saturated heterocycles. The minimum atomic E-state index is -1.67. The van der Waals surface area contributed by atoms with E-state index in [4.69, 9.17) is 16.2 Å². The number of amidine groups is 1. The summed E-state index contributed by atoms with van der Waals surface area (Å²) in [6.07, 6.45) is 0.121. The minimum absolute atomic E-state index is 0.248. The molecule has 1 fully saturated rings. The fourth-order valence-corrected chi connectivity index (χ4v) is 2.67. The van der Waals surface area contributed by atoms with Crippen molar-refractivity contribution in [1.82, 2.24) is 0 Å². The summed E-state index contributed by atoms with van der Waals surface area (Å²) in [6, 6.07) is 1.85. The molecule has 7 heteroatoms. The van der Waals surface area contributed by atoms with Gasteiger partial charge in [0.25, 0.3) is 6.02 Å². The van der Waals surface area contributed by atoms with Crippen molar-refractivity contribution in [3.63, 3.8) is 0 Å². The normalized spacial score (nSPS) is 32.3. The predicted octanol–water partition coefficient (Wildman–Crippen LogP) is 1.45. The van der Waals surface area contributed by atoms with Crippen LogP contribution in [0.25, 0.3) is 0 Å². The Morgan fingerprint density at radius 1 is 1.37 bits per heavy atom. The highest BCUT2D eigenvalue weighted by Crippen LogP contribution is 2.54. The lowest BCUT2D eigenvalue weighted by atomic mass is 9.85. The standard InChI is InChI=1S/C12H12F3N3O/c13-4-12(5-3-8(5)19-11(17)18-12)9-6(14)1-2-7(16)10(9)15/h1-2,5,8H,3-4,16H2,(H2,17,18)/t5-,8?,12-/m0/s1. The van der Waals surface area contributed by atoms with E-state index in [0.717, 1.165) is 12.1 Å². The third kappa shape index (κ3) is 1.57. The number of rotatable bonds is 2. The molecule has 0 bridgehead atoms. The molecule has 1 aromatic carbocycles. The van der Waals surface area contributed by atoms with Gasteiger partial charge < -0.3 is 16.2 Å². The number of hydrogen-bond acceptors (Lipinski definition) is 4. The lowest BCUT2D eigenvalue weighted by molar-refractivity contribution is 0.164. The van der Waals surface area contributed by atoms with Crippen molar-refractivity contribution in [3.8, 4) is 0 Å². The van der Waals surface area contributed by atoms with Crippen LogP contribution in [0.5, 0.6) is 0 Å². The van der Waals surface area contributed by atoms with Crippen LogP contribution in [0.3, 0.4) is 0 Å². The molecule has 0 amide bonds. The summed E-state index contributed by atoms with van der Waals surface area (Å²) in [7, 11) is 0. The molecular weight excluding hydrogens is 259 g/mol. The van der Waals surface area contributed by atoms with E-state index in [9.17, 15) is 13.2 Å². The molecule has 1 unspecified atom stereocenters. The van der Waals surface area contributed by atoms with Crippen molar-refractivity contribution in [2.24, 2.45) is 16.6 Å². The van der Waals surface area contributed by atoms with Gasteiger partial charge in [-0.05, 0) is 18.6 Å². The summed E-state index contributed by atoms with van der Waals surface area (Å²) in [4.78, 5) is 3.85. The Bertz CT molecular complexity index is 578. The van der Waals surface area contributed by atoms with Crippen LogP contribution in [-0.2, 0) is 10.3 Å². The van der Waals surface area contributed by atoms with Gasteiger partial charge in [0.2, 0.25) is 0 Å². The Morgan fingerprint density at radius 3 is 2.79 bits per heavy atom. The number of nitrogens with two attached hydrogens (primary N) is 2. The van der Waals surface area contributed by atoms with E-state index in [1.807, 2.05) is 0 Å². The molecule has 1 aliphatic heterocycles. The summed E-state index contributed by atoms with van der Waals surface area (Å²) >= 11 is 0. The maximum Gasteiger partial charge on any atom is 0.283 e. The number of halogens is 3. The van der Waals surface area contributed by atoms with Gasteiger partial charge in [0.05, 0.1) is 11.3 Å².